The van der Waals surface area contributed by atoms with E-state index in [0.717, 1.165) is 23.3 Å². The molecule has 2 unspecified atom stereocenters. The number of ether oxygens (including phenoxy) is 2. The van der Waals surface area contributed by atoms with Gasteiger partial charge in [-0.3, -0.25) is 9.79 Å². The molecule has 5 nitrogen and oxygen atoms in total. The first-order valence-electron chi connectivity index (χ1n) is 10.9. The smallest absolute Gasteiger partial charge is 0.336 e. The molecule has 0 spiro atoms. The number of carbonyl (C=O) groups excluding carboxylic acids is 2. The highest BCUT2D eigenvalue weighted by molar-refractivity contribution is 6.12. The van der Waals surface area contributed by atoms with Crippen molar-refractivity contribution in [1.82, 2.24) is 0 Å². The molecule has 2 aromatic rings. The summed E-state index contributed by atoms with van der Waals surface area (Å²) in [5, 5.41) is 0. The van der Waals surface area contributed by atoms with Gasteiger partial charge in [0.25, 0.3) is 0 Å². The Kier molecular flexibility index (Phi) is 6.00. The minimum Gasteiger partial charge on any atom is -0.489 e. The number of hydrogen-bond acceptors (Lipinski definition) is 5. The Labute approximate surface area is 189 Å². The van der Waals surface area contributed by atoms with Gasteiger partial charge < -0.3 is 9.47 Å². The fraction of sp³-hybridized carbons (Fsp3) is 0.370. The largest absolute Gasteiger partial charge is 0.489 e. The number of benzene rings is 2. The molecule has 32 heavy (non-hydrogen) atoms. The summed E-state index contributed by atoms with van der Waals surface area (Å²) >= 11 is 0. The molecular weight excluding hydrogens is 402 g/mol. The lowest BCUT2D eigenvalue weighted by molar-refractivity contribution is -0.136. The molecule has 1 fully saturated rings. The molecule has 0 amide bonds. The number of aliphatic imine (C=N–C) groups is 1. The molecule has 0 saturated heterocycles. The highest BCUT2D eigenvalue weighted by Crippen LogP contribution is 2.47. The molecule has 2 atom stereocenters. The van der Waals surface area contributed by atoms with Crippen molar-refractivity contribution in [1.29, 1.82) is 0 Å². The number of ketones is 1. The van der Waals surface area contributed by atoms with Crippen molar-refractivity contribution in [3.8, 4) is 5.75 Å². The zero-order valence-corrected chi connectivity index (χ0v) is 19.1. The first-order chi connectivity index (χ1) is 15.3. The number of allylic oxidation sites excluding steroid dienone is 1. The first kappa shape index (κ1) is 22.0. The Balaban J connectivity index is 1.72. The third-order valence-electron chi connectivity index (χ3n) is 6.23. The molecule has 2 aliphatic rings. The summed E-state index contributed by atoms with van der Waals surface area (Å²) in [5.74, 6) is -0.511. The quantitative estimate of drug-likeness (QED) is 0.606. The van der Waals surface area contributed by atoms with E-state index < -0.39 is 17.8 Å². The lowest BCUT2D eigenvalue weighted by atomic mass is 9.63. The van der Waals surface area contributed by atoms with Gasteiger partial charge in [0.15, 0.2) is 0 Å². The number of methoxy groups -OCH3 is 1. The van der Waals surface area contributed by atoms with Crippen molar-refractivity contribution < 1.29 is 19.1 Å². The predicted octanol–water partition coefficient (Wildman–Crippen LogP) is 5.26. The van der Waals surface area contributed by atoms with Gasteiger partial charge >= 0.3 is 5.97 Å². The molecule has 0 radical (unpaired) electrons. The van der Waals surface area contributed by atoms with Crippen molar-refractivity contribution >= 4 is 17.5 Å². The van der Waals surface area contributed by atoms with Crippen LogP contribution in [0.15, 0.2) is 70.9 Å². The van der Waals surface area contributed by atoms with Crippen molar-refractivity contribution in [2.45, 2.75) is 46.1 Å². The molecule has 2 aromatic carbocycles. The maximum atomic E-state index is 13.3. The number of nitrogens with zero attached hydrogens (tertiary/aromatic N) is 1. The number of carbonyl (C=O) groups is 2. The van der Waals surface area contributed by atoms with E-state index in [1.165, 1.54) is 7.11 Å². The second kappa shape index (κ2) is 8.73. The fourth-order valence-electron chi connectivity index (χ4n) is 4.87. The van der Waals surface area contributed by atoms with Gasteiger partial charge in [-0.05, 0) is 42.0 Å². The normalized spacial score (nSPS) is 22.1. The van der Waals surface area contributed by atoms with Crippen LogP contribution in [0.5, 0.6) is 5.75 Å². The Morgan fingerprint density at radius 3 is 2.53 bits per heavy atom. The number of fused-ring (bicyclic) bond motifs is 1. The van der Waals surface area contributed by atoms with Crippen LogP contribution in [0.4, 0.5) is 0 Å². The molecule has 1 aliphatic carbocycles. The van der Waals surface area contributed by atoms with E-state index in [4.69, 9.17) is 14.5 Å². The van der Waals surface area contributed by atoms with Crippen LogP contribution in [0.3, 0.4) is 0 Å². The molecule has 1 saturated carbocycles. The second-order valence-corrected chi connectivity index (χ2v) is 9.38. The molecule has 0 N–H and O–H groups in total. The van der Waals surface area contributed by atoms with Gasteiger partial charge in [0.1, 0.15) is 18.1 Å². The topological polar surface area (TPSA) is 65.0 Å². The summed E-state index contributed by atoms with van der Waals surface area (Å²) in [4.78, 5) is 30.8. The second-order valence-electron chi connectivity index (χ2n) is 9.38. The highest BCUT2D eigenvalue weighted by atomic mass is 16.5. The van der Waals surface area contributed by atoms with E-state index in [1.54, 1.807) is 0 Å². The van der Waals surface area contributed by atoms with Crippen molar-refractivity contribution in [2.24, 2.45) is 16.3 Å². The van der Waals surface area contributed by atoms with E-state index in [1.807, 2.05) is 61.5 Å². The third kappa shape index (κ3) is 4.38. The monoisotopic (exact) mass is 431 g/mol. The van der Waals surface area contributed by atoms with Crippen molar-refractivity contribution in [3.05, 3.63) is 77.0 Å². The lowest BCUT2D eigenvalue weighted by Crippen LogP contribution is -2.44. The van der Waals surface area contributed by atoms with Crippen LogP contribution in [0.1, 0.15) is 50.7 Å². The highest BCUT2D eigenvalue weighted by Gasteiger charge is 2.47. The zero-order valence-electron chi connectivity index (χ0n) is 19.1. The Hall–Kier alpha value is -3.21. The Morgan fingerprint density at radius 2 is 1.81 bits per heavy atom. The van der Waals surface area contributed by atoms with E-state index in [9.17, 15) is 9.59 Å². The van der Waals surface area contributed by atoms with Gasteiger partial charge in [0.2, 0.25) is 0 Å². The summed E-state index contributed by atoms with van der Waals surface area (Å²) in [6, 6.07) is 17.6. The molecule has 4 rings (SSSR count). The maximum Gasteiger partial charge on any atom is 0.336 e. The minimum atomic E-state index is -0.454. The fourth-order valence-corrected chi connectivity index (χ4v) is 4.87. The Bertz CT molecular complexity index is 1100. The van der Waals surface area contributed by atoms with Gasteiger partial charge in [-0.1, -0.05) is 56.3 Å². The summed E-state index contributed by atoms with van der Waals surface area (Å²) < 4.78 is 11.1. The van der Waals surface area contributed by atoms with Gasteiger partial charge in [-0.2, -0.15) is 0 Å². The van der Waals surface area contributed by atoms with Crippen LogP contribution >= 0.6 is 0 Å². The molecule has 166 valence electrons. The number of hydrogen-bond donors (Lipinski definition) is 0. The van der Waals surface area contributed by atoms with Crippen LogP contribution in [0.2, 0.25) is 0 Å². The molecule has 5 heteroatoms. The molecule has 1 heterocycles. The molecule has 1 aliphatic heterocycles. The summed E-state index contributed by atoms with van der Waals surface area (Å²) in [6.07, 6.45) is 1.20. The van der Waals surface area contributed by atoms with Crippen molar-refractivity contribution in [3.63, 3.8) is 0 Å². The number of esters is 1. The predicted molar refractivity (Wildman–Crippen MR) is 124 cm³/mol. The standard InChI is InChI=1S/C27H29NO4/c1-17-23(26(30)31-4)24(25-21(28-17)14-27(2,3)15-22(25)29)19-11-8-12-20(13-19)32-16-18-9-6-5-7-10-18/h5-13,24-25H,14-16H2,1-4H3. The third-order valence-corrected chi connectivity index (χ3v) is 6.23. The average Bonchev–Trinajstić information content (AvgIpc) is 2.76. The van der Waals surface area contributed by atoms with Crippen LogP contribution < -0.4 is 4.74 Å². The van der Waals surface area contributed by atoms with Crippen LogP contribution in [-0.2, 0) is 20.9 Å². The van der Waals surface area contributed by atoms with Gasteiger partial charge in [0, 0.05) is 23.7 Å². The molecule has 0 aromatic heterocycles. The van der Waals surface area contributed by atoms with Crippen LogP contribution in [-0.4, -0.2) is 24.6 Å². The lowest BCUT2D eigenvalue weighted by Gasteiger charge is -2.41. The van der Waals surface area contributed by atoms with E-state index in [0.29, 0.717) is 30.0 Å². The Morgan fingerprint density at radius 1 is 1.06 bits per heavy atom. The van der Waals surface area contributed by atoms with E-state index in [2.05, 4.69) is 13.8 Å². The van der Waals surface area contributed by atoms with Crippen LogP contribution in [0, 0.1) is 11.3 Å². The first-order valence-corrected chi connectivity index (χ1v) is 10.9. The van der Waals surface area contributed by atoms with Gasteiger partial charge in [0.05, 0.1) is 18.6 Å². The maximum absolute atomic E-state index is 13.3. The van der Waals surface area contributed by atoms with E-state index in [-0.39, 0.29) is 11.2 Å². The van der Waals surface area contributed by atoms with Gasteiger partial charge in [-0.25, -0.2) is 4.79 Å². The number of Topliss-reactive ketones (excluding diaryl/α,β-unsaturated/α-hetero) is 1. The summed E-state index contributed by atoms with van der Waals surface area (Å²) in [6.45, 7) is 6.44. The molecule has 0 bridgehead atoms. The number of rotatable bonds is 5. The van der Waals surface area contributed by atoms with Gasteiger partial charge in [-0.15, -0.1) is 0 Å². The van der Waals surface area contributed by atoms with Crippen molar-refractivity contribution in [2.75, 3.05) is 7.11 Å². The SMILES string of the molecule is COC(=O)C1=C(C)N=C2CC(C)(C)CC(=O)C2C1c1cccc(OCc2ccccc2)c1. The average molecular weight is 432 g/mol. The summed E-state index contributed by atoms with van der Waals surface area (Å²) in [7, 11) is 1.37. The van der Waals surface area contributed by atoms with Crippen LogP contribution in [0.25, 0.3) is 0 Å². The van der Waals surface area contributed by atoms with E-state index >= 15 is 0 Å². The zero-order chi connectivity index (χ0) is 22.9. The summed E-state index contributed by atoms with van der Waals surface area (Å²) in [5.41, 5.74) is 3.72. The minimum absolute atomic E-state index is 0.120. The molecular formula is C27H29NO4.